The molecular formula is C16H19N. The van der Waals surface area contributed by atoms with Crippen molar-refractivity contribution in [3.8, 4) is 0 Å². The third-order valence-corrected chi connectivity index (χ3v) is 3.00. The number of rotatable bonds is 4. The monoisotopic (exact) mass is 225 g/mol. The summed E-state index contributed by atoms with van der Waals surface area (Å²) in [6, 6.07) is 19.1. The summed E-state index contributed by atoms with van der Waals surface area (Å²) in [4.78, 5) is 0. The van der Waals surface area contributed by atoms with Crippen LogP contribution in [-0.4, -0.2) is 6.54 Å². The second kappa shape index (κ2) is 5.53. The standard InChI is InChI=1S/C16H19N/c1-13-7-6-10-16(11-13)17-12-14(2)15-8-4-3-5-9-15/h3-11,14,17H,12H2,1-2H3. The van der Waals surface area contributed by atoms with Crippen LogP contribution in [0.15, 0.2) is 54.6 Å². The van der Waals surface area contributed by atoms with Gasteiger partial charge in [0.1, 0.15) is 0 Å². The first-order valence-electron chi connectivity index (χ1n) is 6.11. The maximum Gasteiger partial charge on any atom is 0.0343 e. The van der Waals surface area contributed by atoms with Crippen LogP contribution in [-0.2, 0) is 0 Å². The average molecular weight is 225 g/mol. The number of hydrogen-bond donors (Lipinski definition) is 1. The first-order valence-corrected chi connectivity index (χ1v) is 6.11. The quantitative estimate of drug-likeness (QED) is 0.821. The maximum atomic E-state index is 3.48. The van der Waals surface area contributed by atoms with E-state index in [4.69, 9.17) is 0 Å². The van der Waals surface area contributed by atoms with E-state index in [0.717, 1.165) is 6.54 Å². The van der Waals surface area contributed by atoms with Gasteiger partial charge in [0.25, 0.3) is 0 Å². The minimum atomic E-state index is 0.525. The molecular weight excluding hydrogens is 206 g/mol. The zero-order valence-electron chi connectivity index (χ0n) is 10.5. The Bertz CT molecular complexity index is 462. The average Bonchev–Trinajstić information content (AvgIpc) is 2.37. The van der Waals surface area contributed by atoms with Gasteiger partial charge in [-0.3, -0.25) is 0 Å². The van der Waals surface area contributed by atoms with Crippen molar-refractivity contribution in [2.24, 2.45) is 0 Å². The molecule has 88 valence electrons. The fraction of sp³-hybridized carbons (Fsp3) is 0.250. The van der Waals surface area contributed by atoms with Gasteiger partial charge in [-0.25, -0.2) is 0 Å². The molecule has 0 saturated carbocycles. The Hall–Kier alpha value is -1.76. The fourth-order valence-electron chi connectivity index (χ4n) is 1.93. The van der Waals surface area contributed by atoms with Gasteiger partial charge in [-0.15, -0.1) is 0 Å². The molecule has 0 aliphatic heterocycles. The molecule has 2 aromatic carbocycles. The van der Waals surface area contributed by atoms with Gasteiger partial charge < -0.3 is 5.32 Å². The fourth-order valence-corrected chi connectivity index (χ4v) is 1.93. The molecule has 0 fully saturated rings. The van der Waals surface area contributed by atoms with Crippen LogP contribution in [0, 0.1) is 6.92 Å². The normalized spacial score (nSPS) is 12.1. The molecule has 2 aromatic rings. The van der Waals surface area contributed by atoms with Crippen LogP contribution in [0.5, 0.6) is 0 Å². The molecule has 0 heterocycles. The number of anilines is 1. The Labute approximate surface area is 103 Å². The van der Waals surface area contributed by atoms with Crippen molar-refractivity contribution < 1.29 is 0 Å². The lowest BCUT2D eigenvalue weighted by molar-refractivity contribution is 0.805. The van der Waals surface area contributed by atoms with Crippen molar-refractivity contribution in [1.29, 1.82) is 0 Å². The van der Waals surface area contributed by atoms with E-state index in [1.165, 1.54) is 16.8 Å². The molecule has 0 spiro atoms. The van der Waals surface area contributed by atoms with E-state index in [2.05, 4.69) is 73.8 Å². The smallest absolute Gasteiger partial charge is 0.0343 e. The predicted octanol–water partition coefficient (Wildman–Crippen LogP) is 4.21. The third kappa shape index (κ3) is 3.35. The second-order valence-corrected chi connectivity index (χ2v) is 4.56. The van der Waals surface area contributed by atoms with Crippen molar-refractivity contribution in [1.82, 2.24) is 0 Å². The lowest BCUT2D eigenvalue weighted by Crippen LogP contribution is -2.09. The highest BCUT2D eigenvalue weighted by Crippen LogP contribution is 2.16. The second-order valence-electron chi connectivity index (χ2n) is 4.56. The van der Waals surface area contributed by atoms with E-state index in [1.54, 1.807) is 0 Å². The molecule has 1 N–H and O–H groups in total. The van der Waals surface area contributed by atoms with Gasteiger partial charge in [0.15, 0.2) is 0 Å². The molecule has 17 heavy (non-hydrogen) atoms. The van der Waals surface area contributed by atoms with E-state index in [9.17, 15) is 0 Å². The summed E-state index contributed by atoms with van der Waals surface area (Å²) in [6.07, 6.45) is 0. The summed E-state index contributed by atoms with van der Waals surface area (Å²) in [7, 11) is 0. The molecule has 0 saturated heterocycles. The van der Waals surface area contributed by atoms with Crippen LogP contribution in [0.3, 0.4) is 0 Å². The molecule has 0 amide bonds. The Balaban J connectivity index is 1.95. The molecule has 0 aromatic heterocycles. The van der Waals surface area contributed by atoms with Crippen molar-refractivity contribution in [3.63, 3.8) is 0 Å². The Morgan fingerprint density at radius 3 is 2.47 bits per heavy atom. The van der Waals surface area contributed by atoms with Crippen molar-refractivity contribution in [2.45, 2.75) is 19.8 Å². The van der Waals surface area contributed by atoms with Gasteiger partial charge >= 0.3 is 0 Å². The summed E-state index contributed by atoms with van der Waals surface area (Å²) in [5.74, 6) is 0.525. The summed E-state index contributed by atoms with van der Waals surface area (Å²) >= 11 is 0. The van der Waals surface area contributed by atoms with Crippen LogP contribution in [0.4, 0.5) is 5.69 Å². The Morgan fingerprint density at radius 2 is 1.76 bits per heavy atom. The highest BCUT2D eigenvalue weighted by atomic mass is 14.9. The third-order valence-electron chi connectivity index (χ3n) is 3.00. The van der Waals surface area contributed by atoms with Crippen LogP contribution < -0.4 is 5.32 Å². The van der Waals surface area contributed by atoms with E-state index in [0.29, 0.717) is 5.92 Å². The van der Waals surface area contributed by atoms with E-state index >= 15 is 0 Å². The summed E-state index contributed by atoms with van der Waals surface area (Å²) in [6.45, 7) is 5.33. The van der Waals surface area contributed by atoms with Crippen LogP contribution >= 0.6 is 0 Å². The largest absolute Gasteiger partial charge is 0.384 e. The molecule has 0 bridgehead atoms. The van der Waals surface area contributed by atoms with Crippen molar-refractivity contribution in [3.05, 3.63) is 65.7 Å². The number of nitrogens with one attached hydrogen (secondary N) is 1. The highest BCUT2D eigenvalue weighted by Gasteiger charge is 2.04. The highest BCUT2D eigenvalue weighted by molar-refractivity contribution is 5.45. The predicted molar refractivity (Wildman–Crippen MR) is 74.5 cm³/mol. The SMILES string of the molecule is Cc1cccc(NCC(C)c2ccccc2)c1. The zero-order chi connectivity index (χ0) is 12.1. The number of benzene rings is 2. The van der Waals surface area contributed by atoms with Gasteiger partial charge in [-0.1, -0.05) is 49.4 Å². The lowest BCUT2D eigenvalue weighted by atomic mass is 10.0. The number of aryl methyl sites for hydroxylation is 1. The molecule has 1 atom stereocenters. The van der Waals surface area contributed by atoms with Gasteiger partial charge in [-0.05, 0) is 36.1 Å². The van der Waals surface area contributed by atoms with E-state index in [1.807, 2.05) is 0 Å². The lowest BCUT2D eigenvalue weighted by Gasteiger charge is -2.14. The zero-order valence-corrected chi connectivity index (χ0v) is 10.5. The van der Waals surface area contributed by atoms with Crippen LogP contribution in [0.2, 0.25) is 0 Å². The molecule has 2 rings (SSSR count). The van der Waals surface area contributed by atoms with Crippen LogP contribution in [0.1, 0.15) is 24.0 Å². The number of hydrogen-bond acceptors (Lipinski definition) is 1. The molecule has 1 unspecified atom stereocenters. The molecule has 1 heteroatoms. The summed E-state index contributed by atoms with van der Waals surface area (Å²) in [5.41, 5.74) is 3.88. The van der Waals surface area contributed by atoms with Gasteiger partial charge in [0, 0.05) is 12.2 Å². The van der Waals surface area contributed by atoms with Gasteiger partial charge in [0.2, 0.25) is 0 Å². The van der Waals surface area contributed by atoms with Gasteiger partial charge in [0.05, 0.1) is 0 Å². The van der Waals surface area contributed by atoms with Crippen molar-refractivity contribution in [2.75, 3.05) is 11.9 Å². The Kier molecular flexibility index (Phi) is 3.81. The molecule has 1 nitrogen and oxygen atoms in total. The topological polar surface area (TPSA) is 12.0 Å². The minimum absolute atomic E-state index is 0.525. The van der Waals surface area contributed by atoms with E-state index < -0.39 is 0 Å². The molecule has 0 radical (unpaired) electrons. The Morgan fingerprint density at radius 1 is 1.00 bits per heavy atom. The van der Waals surface area contributed by atoms with Gasteiger partial charge in [-0.2, -0.15) is 0 Å². The molecule has 0 aliphatic rings. The minimum Gasteiger partial charge on any atom is -0.384 e. The van der Waals surface area contributed by atoms with E-state index in [-0.39, 0.29) is 0 Å². The van der Waals surface area contributed by atoms with Crippen molar-refractivity contribution >= 4 is 5.69 Å². The summed E-state index contributed by atoms with van der Waals surface area (Å²) in [5, 5.41) is 3.48. The maximum absolute atomic E-state index is 3.48. The first kappa shape index (κ1) is 11.7. The van der Waals surface area contributed by atoms with Crippen LogP contribution in [0.25, 0.3) is 0 Å². The molecule has 0 aliphatic carbocycles. The summed E-state index contributed by atoms with van der Waals surface area (Å²) < 4.78 is 0. The first-order chi connectivity index (χ1) is 8.25.